The molecule has 146 valence electrons. The Morgan fingerprint density at radius 3 is 2.69 bits per heavy atom. The van der Waals surface area contributed by atoms with E-state index >= 15 is 0 Å². The number of nitrogens with one attached hydrogen (secondary N) is 3. The zero-order valence-corrected chi connectivity index (χ0v) is 16.1. The van der Waals surface area contributed by atoms with Gasteiger partial charge in [-0.3, -0.25) is 9.59 Å². The summed E-state index contributed by atoms with van der Waals surface area (Å²) in [5, 5.41) is 8.91. The quantitative estimate of drug-likeness (QED) is 0.597. The molecular formula is C18H28ClN3O4. The van der Waals surface area contributed by atoms with Crippen molar-refractivity contribution < 1.29 is 19.1 Å². The average Bonchev–Trinajstić information content (AvgIpc) is 3.11. The number of methoxy groups -OCH3 is 1. The Morgan fingerprint density at radius 2 is 2.04 bits per heavy atom. The minimum absolute atomic E-state index is 0. The highest BCUT2D eigenvalue weighted by molar-refractivity contribution is 5.85. The van der Waals surface area contributed by atoms with Gasteiger partial charge < -0.3 is 25.4 Å². The van der Waals surface area contributed by atoms with Gasteiger partial charge >= 0.3 is 0 Å². The smallest absolute Gasteiger partial charge is 0.257 e. The van der Waals surface area contributed by atoms with Crippen LogP contribution >= 0.6 is 12.4 Å². The van der Waals surface area contributed by atoms with E-state index in [0.29, 0.717) is 37.1 Å². The highest BCUT2D eigenvalue weighted by Crippen LogP contribution is 2.28. The largest absolute Gasteiger partial charge is 0.493 e. The lowest BCUT2D eigenvalue weighted by atomic mass is 10.1. The maximum Gasteiger partial charge on any atom is 0.257 e. The monoisotopic (exact) mass is 385 g/mol. The van der Waals surface area contributed by atoms with Gasteiger partial charge in [0.15, 0.2) is 18.1 Å². The standard InChI is InChI=1S/C18H27N3O4.ClH/c1-3-19-18(23)12-25-15-7-6-13(9-16(15)24-2)11-21-17(22)10-14-5-4-8-20-14;/h6-7,9,14,20H,3-5,8,10-12H2,1-2H3,(H,19,23)(H,21,22);1H. The second-order valence-corrected chi connectivity index (χ2v) is 6.00. The number of likely N-dealkylation sites (N-methyl/N-ethyl adjacent to an activating group) is 1. The van der Waals surface area contributed by atoms with E-state index < -0.39 is 0 Å². The molecule has 1 aromatic carbocycles. The normalized spacial score (nSPS) is 15.7. The minimum Gasteiger partial charge on any atom is -0.493 e. The van der Waals surface area contributed by atoms with Gasteiger partial charge in [-0.2, -0.15) is 0 Å². The molecule has 0 spiro atoms. The topological polar surface area (TPSA) is 88.7 Å². The summed E-state index contributed by atoms with van der Waals surface area (Å²) in [6.45, 7) is 3.78. The number of benzene rings is 1. The number of halogens is 1. The lowest BCUT2D eigenvalue weighted by Crippen LogP contribution is -2.31. The molecule has 1 aromatic rings. The molecule has 1 aliphatic rings. The van der Waals surface area contributed by atoms with Crippen LogP contribution in [0.25, 0.3) is 0 Å². The molecule has 0 aliphatic carbocycles. The fourth-order valence-electron chi connectivity index (χ4n) is 2.76. The number of hydrogen-bond donors (Lipinski definition) is 3. The Kier molecular flexibility index (Phi) is 9.83. The fraction of sp³-hybridized carbons (Fsp3) is 0.556. The summed E-state index contributed by atoms with van der Waals surface area (Å²) in [4.78, 5) is 23.5. The number of carbonyl (C=O) groups is 2. The maximum atomic E-state index is 12.0. The molecular weight excluding hydrogens is 358 g/mol. The second kappa shape index (κ2) is 11.6. The van der Waals surface area contributed by atoms with E-state index in [2.05, 4.69) is 16.0 Å². The van der Waals surface area contributed by atoms with Crippen molar-refractivity contribution in [3.05, 3.63) is 23.8 Å². The fourth-order valence-corrected chi connectivity index (χ4v) is 2.76. The first-order valence-electron chi connectivity index (χ1n) is 8.69. The van der Waals surface area contributed by atoms with Gasteiger partial charge in [0, 0.05) is 25.6 Å². The first kappa shape index (κ1) is 22.1. The first-order chi connectivity index (χ1) is 12.1. The molecule has 1 atom stereocenters. The van der Waals surface area contributed by atoms with Crippen molar-refractivity contribution >= 4 is 24.2 Å². The van der Waals surface area contributed by atoms with Crippen LogP contribution in [-0.2, 0) is 16.1 Å². The predicted molar refractivity (Wildman–Crippen MR) is 102 cm³/mol. The van der Waals surface area contributed by atoms with Crippen molar-refractivity contribution in [1.82, 2.24) is 16.0 Å². The second-order valence-electron chi connectivity index (χ2n) is 6.00. The van der Waals surface area contributed by atoms with Crippen LogP contribution in [-0.4, -0.2) is 44.7 Å². The highest BCUT2D eigenvalue weighted by atomic mass is 35.5. The SMILES string of the molecule is CCNC(=O)COc1ccc(CNC(=O)CC2CCCN2)cc1OC.Cl. The van der Waals surface area contributed by atoms with Crippen LogP contribution < -0.4 is 25.4 Å². The van der Waals surface area contributed by atoms with Crippen LogP contribution in [0.2, 0.25) is 0 Å². The van der Waals surface area contributed by atoms with E-state index in [-0.39, 0.29) is 30.8 Å². The number of carbonyl (C=O) groups excluding carboxylic acids is 2. The first-order valence-corrected chi connectivity index (χ1v) is 8.69. The lowest BCUT2D eigenvalue weighted by molar-refractivity contribution is -0.123. The highest BCUT2D eigenvalue weighted by Gasteiger charge is 2.17. The minimum atomic E-state index is -0.179. The molecule has 0 bridgehead atoms. The predicted octanol–water partition coefficient (Wildman–Crippen LogP) is 1.39. The summed E-state index contributed by atoms with van der Waals surface area (Å²) in [6.07, 6.45) is 2.69. The van der Waals surface area contributed by atoms with Crippen molar-refractivity contribution in [1.29, 1.82) is 0 Å². The third-order valence-electron chi connectivity index (χ3n) is 4.04. The summed E-state index contributed by atoms with van der Waals surface area (Å²) in [5.41, 5.74) is 0.912. The molecule has 26 heavy (non-hydrogen) atoms. The van der Waals surface area contributed by atoms with Gasteiger partial charge in [0.1, 0.15) is 0 Å². The van der Waals surface area contributed by atoms with Crippen molar-refractivity contribution in [2.75, 3.05) is 26.8 Å². The molecule has 8 heteroatoms. The van der Waals surface area contributed by atoms with E-state index in [1.165, 1.54) is 0 Å². The van der Waals surface area contributed by atoms with Gasteiger partial charge in [0.05, 0.1) is 7.11 Å². The number of hydrogen-bond acceptors (Lipinski definition) is 5. The number of amides is 2. The molecule has 1 fully saturated rings. The zero-order chi connectivity index (χ0) is 18.1. The summed E-state index contributed by atoms with van der Waals surface area (Å²) in [6, 6.07) is 5.70. The molecule has 1 saturated heterocycles. The summed E-state index contributed by atoms with van der Waals surface area (Å²) in [7, 11) is 1.54. The van der Waals surface area contributed by atoms with E-state index in [0.717, 1.165) is 24.9 Å². The molecule has 1 aliphatic heterocycles. The van der Waals surface area contributed by atoms with E-state index in [9.17, 15) is 9.59 Å². The Labute approximate surface area is 160 Å². The van der Waals surface area contributed by atoms with Crippen LogP contribution in [0.1, 0.15) is 31.7 Å². The molecule has 0 saturated carbocycles. The van der Waals surface area contributed by atoms with E-state index in [1.54, 1.807) is 19.2 Å². The Morgan fingerprint density at radius 1 is 1.23 bits per heavy atom. The zero-order valence-electron chi connectivity index (χ0n) is 15.3. The van der Waals surface area contributed by atoms with Crippen molar-refractivity contribution in [3.8, 4) is 11.5 Å². The van der Waals surface area contributed by atoms with Crippen LogP contribution in [0, 0.1) is 0 Å². The Bertz CT molecular complexity index is 592. The molecule has 0 radical (unpaired) electrons. The average molecular weight is 386 g/mol. The maximum absolute atomic E-state index is 12.0. The van der Waals surface area contributed by atoms with Gasteiger partial charge in [0.2, 0.25) is 5.91 Å². The van der Waals surface area contributed by atoms with Crippen LogP contribution in [0.3, 0.4) is 0 Å². The van der Waals surface area contributed by atoms with Crippen LogP contribution in [0.15, 0.2) is 18.2 Å². The van der Waals surface area contributed by atoms with Crippen molar-refractivity contribution in [3.63, 3.8) is 0 Å². The molecule has 2 rings (SSSR count). The molecule has 1 heterocycles. The summed E-state index contributed by atoms with van der Waals surface area (Å²) >= 11 is 0. The third kappa shape index (κ3) is 7.09. The van der Waals surface area contributed by atoms with Gasteiger partial charge in [0.25, 0.3) is 5.91 Å². The van der Waals surface area contributed by atoms with Gasteiger partial charge in [-0.25, -0.2) is 0 Å². The van der Waals surface area contributed by atoms with Gasteiger partial charge in [-0.15, -0.1) is 12.4 Å². The van der Waals surface area contributed by atoms with Gasteiger partial charge in [-0.1, -0.05) is 6.07 Å². The van der Waals surface area contributed by atoms with Gasteiger partial charge in [-0.05, 0) is 44.0 Å². The van der Waals surface area contributed by atoms with Crippen LogP contribution in [0.4, 0.5) is 0 Å². The Hall–Kier alpha value is -1.99. The molecule has 1 unspecified atom stereocenters. The third-order valence-corrected chi connectivity index (χ3v) is 4.04. The van der Waals surface area contributed by atoms with E-state index in [4.69, 9.17) is 9.47 Å². The van der Waals surface area contributed by atoms with Crippen LogP contribution in [0.5, 0.6) is 11.5 Å². The van der Waals surface area contributed by atoms with Crippen molar-refractivity contribution in [2.45, 2.75) is 38.8 Å². The Balaban J connectivity index is 0.00000338. The summed E-state index contributed by atoms with van der Waals surface area (Å²) < 4.78 is 10.8. The lowest BCUT2D eigenvalue weighted by Gasteiger charge is -2.13. The van der Waals surface area contributed by atoms with E-state index in [1.807, 2.05) is 13.0 Å². The van der Waals surface area contributed by atoms with Crippen molar-refractivity contribution in [2.24, 2.45) is 0 Å². The number of ether oxygens (including phenoxy) is 2. The summed E-state index contributed by atoms with van der Waals surface area (Å²) in [5.74, 6) is 0.892. The number of rotatable bonds is 9. The molecule has 7 nitrogen and oxygen atoms in total. The molecule has 2 amide bonds. The molecule has 3 N–H and O–H groups in total. The molecule has 0 aromatic heterocycles.